The van der Waals surface area contributed by atoms with Crippen LogP contribution in [0.15, 0.2) is 42.5 Å². The normalized spacial score (nSPS) is 12.4. The molecule has 2 nitrogen and oxygen atoms in total. The molecule has 0 aliphatic heterocycles. The Morgan fingerprint density at radius 3 is 2.53 bits per heavy atom. The van der Waals surface area contributed by atoms with E-state index in [4.69, 9.17) is 11.6 Å². The number of halogens is 1. The Labute approximate surface area is 105 Å². The van der Waals surface area contributed by atoms with Gasteiger partial charge in [0.1, 0.15) is 5.75 Å². The van der Waals surface area contributed by atoms with Gasteiger partial charge in [-0.05, 0) is 42.3 Å². The van der Waals surface area contributed by atoms with Crippen molar-refractivity contribution in [1.82, 2.24) is 0 Å². The Hall–Kier alpha value is -1.51. The summed E-state index contributed by atoms with van der Waals surface area (Å²) in [4.78, 5) is 0. The molecule has 0 heterocycles. The molecule has 17 heavy (non-hydrogen) atoms. The summed E-state index contributed by atoms with van der Waals surface area (Å²) >= 11 is 5.92. The molecule has 2 N–H and O–H groups in total. The molecule has 2 aromatic rings. The Balaban J connectivity index is 2.54. The van der Waals surface area contributed by atoms with E-state index in [1.54, 1.807) is 37.3 Å². The molecule has 0 aliphatic rings. The maximum atomic E-state index is 9.84. The molecular weight excluding hydrogens is 236 g/mol. The summed E-state index contributed by atoms with van der Waals surface area (Å²) in [7, 11) is 0. The largest absolute Gasteiger partial charge is 0.507 e. The highest BCUT2D eigenvalue weighted by molar-refractivity contribution is 6.30. The maximum Gasteiger partial charge on any atom is 0.123 e. The van der Waals surface area contributed by atoms with Gasteiger partial charge in [0.2, 0.25) is 0 Å². The summed E-state index contributed by atoms with van der Waals surface area (Å²) in [5.41, 5.74) is 2.26. The molecule has 0 saturated heterocycles. The van der Waals surface area contributed by atoms with Crippen molar-refractivity contribution >= 4 is 11.6 Å². The van der Waals surface area contributed by atoms with E-state index >= 15 is 0 Å². The second-order valence-electron chi connectivity index (χ2n) is 3.96. The van der Waals surface area contributed by atoms with Crippen molar-refractivity contribution in [3.8, 4) is 16.9 Å². The summed E-state index contributed by atoms with van der Waals surface area (Å²) in [6.07, 6.45) is -0.562. The minimum atomic E-state index is -0.562. The molecule has 88 valence electrons. The monoisotopic (exact) mass is 248 g/mol. The standard InChI is InChI=1S/C14H13ClO2/c1-9(16)10-5-6-14(17)13(8-10)11-3-2-4-12(15)7-11/h2-9,16-17H,1H3. The van der Waals surface area contributed by atoms with Crippen LogP contribution < -0.4 is 0 Å². The van der Waals surface area contributed by atoms with Gasteiger partial charge in [-0.2, -0.15) is 0 Å². The lowest BCUT2D eigenvalue weighted by Crippen LogP contribution is -1.91. The third kappa shape index (κ3) is 2.60. The van der Waals surface area contributed by atoms with E-state index in [0.717, 1.165) is 11.1 Å². The number of aromatic hydroxyl groups is 1. The SMILES string of the molecule is CC(O)c1ccc(O)c(-c2cccc(Cl)c2)c1. The van der Waals surface area contributed by atoms with Crippen molar-refractivity contribution in [2.24, 2.45) is 0 Å². The first-order chi connectivity index (χ1) is 8.08. The van der Waals surface area contributed by atoms with E-state index in [1.165, 1.54) is 0 Å². The van der Waals surface area contributed by atoms with Crippen LogP contribution in [0.25, 0.3) is 11.1 Å². The topological polar surface area (TPSA) is 40.5 Å². The molecule has 0 amide bonds. The Morgan fingerprint density at radius 1 is 1.12 bits per heavy atom. The second kappa shape index (κ2) is 4.78. The van der Waals surface area contributed by atoms with Crippen molar-refractivity contribution in [2.45, 2.75) is 13.0 Å². The lowest BCUT2D eigenvalue weighted by atomic mass is 10.00. The zero-order chi connectivity index (χ0) is 12.4. The van der Waals surface area contributed by atoms with Gasteiger partial charge in [-0.15, -0.1) is 0 Å². The highest BCUT2D eigenvalue weighted by Gasteiger charge is 2.08. The van der Waals surface area contributed by atoms with E-state index in [1.807, 2.05) is 12.1 Å². The predicted octanol–water partition coefficient (Wildman–Crippen LogP) is 3.77. The predicted molar refractivity (Wildman–Crippen MR) is 69.2 cm³/mol. The van der Waals surface area contributed by atoms with Crippen LogP contribution in [0, 0.1) is 0 Å². The van der Waals surface area contributed by atoms with Gasteiger partial charge in [0.15, 0.2) is 0 Å². The highest BCUT2D eigenvalue weighted by atomic mass is 35.5. The van der Waals surface area contributed by atoms with Crippen LogP contribution >= 0.6 is 11.6 Å². The van der Waals surface area contributed by atoms with Gasteiger partial charge >= 0.3 is 0 Å². The van der Waals surface area contributed by atoms with Gasteiger partial charge < -0.3 is 10.2 Å². The Kier molecular flexibility index (Phi) is 3.36. The van der Waals surface area contributed by atoms with Crippen LogP contribution in [-0.4, -0.2) is 10.2 Å². The van der Waals surface area contributed by atoms with Gasteiger partial charge in [-0.1, -0.05) is 29.8 Å². The molecule has 1 atom stereocenters. The number of aliphatic hydroxyl groups is 1. The Morgan fingerprint density at radius 2 is 1.88 bits per heavy atom. The first-order valence-electron chi connectivity index (χ1n) is 5.35. The van der Waals surface area contributed by atoms with Crippen LogP contribution in [0.4, 0.5) is 0 Å². The van der Waals surface area contributed by atoms with Crippen molar-refractivity contribution < 1.29 is 10.2 Å². The zero-order valence-electron chi connectivity index (χ0n) is 9.39. The summed E-state index contributed by atoms with van der Waals surface area (Å²) in [5, 5.41) is 20.0. The van der Waals surface area contributed by atoms with Crippen LogP contribution in [0.1, 0.15) is 18.6 Å². The van der Waals surface area contributed by atoms with E-state index < -0.39 is 6.10 Å². The van der Waals surface area contributed by atoms with Crippen LogP contribution in [0.3, 0.4) is 0 Å². The lowest BCUT2D eigenvalue weighted by Gasteiger charge is -2.10. The molecule has 0 aromatic heterocycles. The summed E-state index contributed by atoms with van der Waals surface area (Å²) in [6, 6.07) is 12.3. The van der Waals surface area contributed by atoms with Gasteiger partial charge in [-0.3, -0.25) is 0 Å². The third-order valence-electron chi connectivity index (χ3n) is 2.64. The third-order valence-corrected chi connectivity index (χ3v) is 2.87. The molecule has 2 rings (SSSR count). The lowest BCUT2D eigenvalue weighted by molar-refractivity contribution is 0.199. The number of phenolic OH excluding ortho intramolecular Hbond substituents is 1. The number of hydrogen-bond acceptors (Lipinski definition) is 2. The number of aliphatic hydroxyl groups excluding tert-OH is 1. The van der Waals surface area contributed by atoms with Crippen LogP contribution in [0.5, 0.6) is 5.75 Å². The first-order valence-corrected chi connectivity index (χ1v) is 5.72. The zero-order valence-corrected chi connectivity index (χ0v) is 10.1. The number of hydrogen-bond donors (Lipinski definition) is 2. The molecule has 0 saturated carbocycles. The molecular formula is C14H13ClO2. The second-order valence-corrected chi connectivity index (χ2v) is 4.40. The van der Waals surface area contributed by atoms with Gasteiger partial charge in [0.25, 0.3) is 0 Å². The minimum Gasteiger partial charge on any atom is -0.507 e. The quantitative estimate of drug-likeness (QED) is 0.849. The molecule has 0 aliphatic carbocycles. The van der Waals surface area contributed by atoms with E-state index in [9.17, 15) is 10.2 Å². The van der Waals surface area contributed by atoms with Crippen LogP contribution in [-0.2, 0) is 0 Å². The summed E-state index contributed by atoms with van der Waals surface area (Å²) in [5.74, 6) is 0.177. The van der Waals surface area contributed by atoms with E-state index in [0.29, 0.717) is 10.6 Å². The average Bonchev–Trinajstić information content (AvgIpc) is 2.29. The number of rotatable bonds is 2. The molecule has 0 spiro atoms. The van der Waals surface area contributed by atoms with Gasteiger partial charge in [-0.25, -0.2) is 0 Å². The molecule has 0 fully saturated rings. The fourth-order valence-electron chi connectivity index (χ4n) is 1.70. The van der Waals surface area contributed by atoms with Crippen molar-refractivity contribution in [2.75, 3.05) is 0 Å². The summed E-state index contributed by atoms with van der Waals surface area (Å²) in [6.45, 7) is 1.69. The molecule has 3 heteroatoms. The Bertz CT molecular complexity index is 535. The molecule has 0 radical (unpaired) electrons. The summed E-state index contributed by atoms with van der Waals surface area (Å²) < 4.78 is 0. The fraction of sp³-hybridized carbons (Fsp3) is 0.143. The van der Waals surface area contributed by atoms with Gasteiger partial charge in [0.05, 0.1) is 6.10 Å². The number of phenols is 1. The van der Waals surface area contributed by atoms with E-state index in [2.05, 4.69) is 0 Å². The molecule has 2 aromatic carbocycles. The first kappa shape index (κ1) is 12.0. The smallest absolute Gasteiger partial charge is 0.123 e. The van der Waals surface area contributed by atoms with Crippen molar-refractivity contribution in [3.05, 3.63) is 53.1 Å². The molecule has 1 unspecified atom stereocenters. The van der Waals surface area contributed by atoms with Crippen LogP contribution in [0.2, 0.25) is 5.02 Å². The van der Waals surface area contributed by atoms with E-state index in [-0.39, 0.29) is 5.75 Å². The fourth-order valence-corrected chi connectivity index (χ4v) is 1.89. The van der Waals surface area contributed by atoms with Crippen molar-refractivity contribution in [3.63, 3.8) is 0 Å². The van der Waals surface area contributed by atoms with Gasteiger partial charge in [0, 0.05) is 10.6 Å². The van der Waals surface area contributed by atoms with Crippen molar-refractivity contribution in [1.29, 1.82) is 0 Å². The maximum absolute atomic E-state index is 9.84. The number of benzene rings is 2. The minimum absolute atomic E-state index is 0.177. The average molecular weight is 249 g/mol. The highest BCUT2D eigenvalue weighted by Crippen LogP contribution is 2.32. The molecule has 0 bridgehead atoms.